The second kappa shape index (κ2) is 0.909. The summed E-state index contributed by atoms with van der Waals surface area (Å²) in [5, 5.41) is 0. The molecule has 0 fully saturated rings. The van der Waals surface area contributed by atoms with Crippen LogP contribution in [0.15, 0.2) is 6.20 Å². The minimum absolute atomic E-state index is 0.176. The van der Waals surface area contributed by atoms with E-state index in [9.17, 15) is 8.42 Å². The number of hydrogen-bond acceptors (Lipinski definition) is 3. The van der Waals surface area contributed by atoms with Crippen molar-refractivity contribution in [3.05, 3.63) is 10.8 Å². The molecule has 6 heavy (non-hydrogen) atoms. The third kappa shape index (κ3) is 0.463. The standard InChI is InChI=1S/C2HNO2S/c4-6(5)2-1-3-2/h1H. The van der Waals surface area contributed by atoms with Gasteiger partial charge >= 0.3 is 0 Å². The van der Waals surface area contributed by atoms with E-state index in [2.05, 4.69) is 4.98 Å². The minimum atomic E-state index is -2.06. The molecule has 0 aromatic carbocycles. The molecule has 0 saturated heterocycles. The fourth-order valence-corrected chi connectivity index (χ4v) is 0.337. The van der Waals surface area contributed by atoms with E-state index in [1.165, 1.54) is 6.20 Å². The van der Waals surface area contributed by atoms with Gasteiger partial charge in [0.05, 0.1) is 6.20 Å². The molecule has 0 atom stereocenters. The lowest BCUT2D eigenvalue weighted by Crippen LogP contribution is -1.45. The van der Waals surface area contributed by atoms with Crippen LogP contribution in [0.1, 0.15) is 0 Å². The van der Waals surface area contributed by atoms with Gasteiger partial charge in [0.25, 0.3) is 0 Å². The maximum atomic E-state index is 9.60. The van der Waals surface area contributed by atoms with Gasteiger partial charge in [0.1, 0.15) is 0 Å². The third-order valence-electron chi connectivity index (χ3n) is 0.405. The van der Waals surface area contributed by atoms with Crippen LogP contribution in [-0.2, 0) is 10.3 Å². The van der Waals surface area contributed by atoms with Crippen LogP contribution < -0.4 is 0 Å². The van der Waals surface area contributed by atoms with Crippen LogP contribution >= 0.6 is 0 Å². The van der Waals surface area contributed by atoms with Gasteiger partial charge in [0.15, 0.2) is 0 Å². The van der Waals surface area contributed by atoms with Crippen molar-refractivity contribution in [1.29, 1.82) is 0 Å². The zero-order chi connectivity index (χ0) is 4.57. The zero-order valence-corrected chi connectivity index (χ0v) is 3.57. The van der Waals surface area contributed by atoms with Gasteiger partial charge in [-0.2, -0.15) is 8.42 Å². The Morgan fingerprint density at radius 1 is 1.67 bits per heavy atom. The normalized spacial score (nSPS) is 9.33. The lowest BCUT2D eigenvalue weighted by Gasteiger charge is -1.28. The molecule has 0 amide bonds. The Morgan fingerprint density at radius 2 is 2.17 bits per heavy atom. The van der Waals surface area contributed by atoms with Gasteiger partial charge in [-0.25, -0.2) is 4.98 Å². The van der Waals surface area contributed by atoms with E-state index >= 15 is 0 Å². The van der Waals surface area contributed by atoms with E-state index in [1.807, 2.05) is 0 Å². The number of hydrogen-bond donors (Lipinski definition) is 0. The van der Waals surface area contributed by atoms with Gasteiger partial charge < -0.3 is 0 Å². The molecule has 3 nitrogen and oxygen atoms in total. The van der Waals surface area contributed by atoms with Gasteiger partial charge in [-0.15, -0.1) is 0 Å². The largest absolute Gasteiger partial charge is 0.241 e. The highest BCUT2D eigenvalue weighted by atomic mass is 32.2. The first kappa shape index (κ1) is 3.55. The van der Waals surface area contributed by atoms with Crippen LogP contribution in [0.5, 0.6) is 0 Å². The molecule has 1 rings (SSSR count). The van der Waals surface area contributed by atoms with Crippen molar-refractivity contribution < 1.29 is 8.42 Å². The third-order valence-corrected chi connectivity index (χ3v) is 0.958. The van der Waals surface area contributed by atoms with Crippen LogP contribution in [0, 0.1) is 4.64 Å². The summed E-state index contributed by atoms with van der Waals surface area (Å²) in [7, 11) is -2.06. The van der Waals surface area contributed by atoms with E-state index in [0.29, 0.717) is 0 Å². The van der Waals surface area contributed by atoms with Gasteiger partial charge in [-0.05, 0) is 0 Å². The fraction of sp³-hybridized carbons (Fsp3) is 0. The highest BCUT2D eigenvalue weighted by Gasteiger charge is 1.85. The summed E-state index contributed by atoms with van der Waals surface area (Å²) in [6.07, 6.45) is 1.29. The van der Waals surface area contributed by atoms with Gasteiger partial charge in [0.2, 0.25) is 14.9 Å². The molecule has 0 spiro atoms. The van der Waals surface area contributed by atoms with Crippen LogP contribution in [0.2, 0.25) is 0 Å². The Balaban J connectivity index is 3.83. The molecular weight excluding hydrogens is 102 g/mol. The van der Waals surface area contributed by atoms with Crippen LogP contribution in [0.4, 0.5) is 0 Å². The average Bonchev–Trinajstić information content (AvgIpc) is 2.06. The molecule has 0 aliphatic rings. The van der Waals surface area contributed by atoms with Crippen molar-refractivity contribution in [3.63, 3.8) is 0 Å². The predicted molar refractivity (Wildman–Crippen MR) is 18.8 cm³/mol. The Bertz CT molecular complexity index is 231. The second-order valence-electron chi connectivity index (χ2n) is 0.831. The smallest absolute Gasteiger partial charge is 0.236 e. The van der Waals surface area contributed by atoms with E-state index in [1.54, 1.807) is 0 Å². The molecule has 0 radical (unpaired) electrons. The van der Waals surface area contributed by atoms with Crippen molar-refractivity contribution in [3.8, 4) is 0 Å². The van der Waals surface area contributed by atoms with Crippen molar-refractivity contribution in [2.24, 2.45) is 0 Å². The molecule has 1 aromatic rings. The van der Waals surface area contributed by atoms with E-state index in [0.717, 1.165) is 0 Å². The number of aromatic nitrogens is 1. The summed E-state index contributed by atoms with van der Waals surface area (Å²) in [4.78, 5) is 3.28. The Labute approximate surface area is 35.5 Å². The Hall–Kier alpha value is -0.640. The van der Waals surface area contributed by atoms with E-state index in [4.69, 9.17) is 0 Å². The Morgan fingerprint density at radius 3 is 2.17 bits per heavy atom. The molecule has 0 aliphatic heterocycles. The molecule has 32 valence electrons. The van der Waals surface area contributed by atoms with Crippen molar-refractivity contribution in [2.75, 3.05) is 0 Å². The van der Waals surface area contributed by atoms with Crippen LogP contribution in [0.25, 0.3) is 0 Å². The summed E-state index contributed by atoms with van der Waals surface area (Å²) >= 11 is 0. The first-order valence-electron chi connectivity index (χ1n) is 1.31. The van der Waals surface area contributed by atoms with Gasteiger partial charge in [-0.1, -0.05) is 0 Å². The lowest BCUT2D eigenvalue weighted by molar-refractivity contribution is 0.625. The second-order valence-corrected chi connectivity index (χ2v) is 1.72. The number of nitrogens with zero attached hydrogens (tertiary/aromatic N) is 1. The summed E-state index contributed by atoms with van der Waals surface area (Å²) in [5.74, 6) is 0. The highest BCUT2D eigenvalue weighted by molar-refractivity contribution is 7.63. The maximum absolute atomic E-state index is 9.60. The Kier molecular flexibility index (Phi) is 0.537. The molecule has 0 N–H and O–H groups in total. The highest BCUT2D eigenvalue weighted by Crippen LogP contribution is 1.78. The molecule has 0 aliphatic carbocycles. The lowest BCUT2D eigenvalue weighted by atomic mass is 11.2. The topological polar surface area (TPSA) is 47.0 Å². The maximum Gasteiger partial charge on any atom is 0.241 e. The quantitative estimate of drug-likeness (QED) is 0.411. The molecule has 0 unspecified atom stereocenters. The molecule has 0 saturated carbocycles. The van der Waals surface area contributed by atoms with Crippen molar-refractivity contribution in [1.82, 2.24) is 4.98 Å². The fourth-order valence-electron chi connectivity index (χ4n) is 0.112. The van der Waals surface area contributed by atoms with E-state index in [-0.39, 0.29) is 4.64 Å². The monoisotopic (exact) mass is 103 g/mol. The van der Waals surface area contributed by atoms with Gasteiger partial charge in [0, 0.05) is 0 Å². The molecule has 1 aromatic heterocycles. The van der Waals surface area contributed by atoms with Crippen molar-refractivity contribution in [2.45, 2.75) is 0 Å². The van der Waals surface area contributed by atoms with Gasteiger partial charge in [-0.3, -0.25) is 0 Å². The summed E-state index contributed by atoms with van der Waals surface area (Å²) in [5.41, 5.74) is 0. The average molecular weight is 103 g/mol. The zero-order valence-electron chi connectivity index (χ0n) is 2.75. The van der Waals surface area contributed by atoms with Crippen LogP contribution in [0.3, 0.4) is 0 Å². The summed E-state index contributed by atoms with van der Waals surface area (Å²) in [6, 6.07) is 0. The first-order valence-corrected chi connectivity index (χ1v) is 2.38. The SMILES string of the molecule is O=S(=O)=c1cn1. The minimum Gasteiger partial charge on any atom is -0.236 e. The molecular formula is C2HNO2S. The summed E-state index contributed by atoms with van der Waals surface area (Å²) < 4.78 is 19.4. The summed E-state index contributed by atoms with van der Waals surface area (Å²) in [6.45, 7) is 0. The molecule has 1 heterocycles. The van der Waals surface area contributed by atoms with Crippen LogP contribution in [-0.4, -0.2) is 13.4 Å². The first-order chi connectivity index (χ1) is 2.80. The molecule has 4 heteroatoms. The van der Waals surface area contributed by atoms with E-state index < -0.39 is 10.3 Å². The van der Waals surface area contributed by atoms with Crippen molar-refractivity contribution >= 4 is 10.3 Å². The predicted octanol–water partition coefficient (Wildman–Crippen LogP) is -0.632. The number of rotatable bonds is 0. The molecule has 0 bridgehead atoms.